The molecule has 0 heterocycles. The van der Waals surface area contributed by atoms with E-state index < -0.39 is 11.6 Å². The molecule has 1 atom stereocenters. The summed E-state index contributed by atoms with van der Waals surface area (Å²) in [6.07, 6.45) is 9.39. The second-order valence-corrected chi connectivity index (χ2v) is 5.05. The van der Waals surface area contributed by atoms with E-state index in [1.165, 1.54) is 5.57 Å². The SMILES string of the molecule is C/C=C/C1=CCC(c2ccc(CC)c(F)c2F)CC1. The Labute approximate surface area is 113 Å². The number of allylic oxidation sites excluding steroid dienone is 4. The topological polar surface area (TPSA) is 0 Å². The lowest BCUT2D eigenvalue weighted by Crippen LogP contribution is -2.08. The van der Waals surface area contributed by atoms with Crippen molar-refractivity contribution in [2.45, 2.75) is 45.4 Å². The van der Waals surface area contributed by atoms with Crippen LogP contribution >= 0.6 is 0 Å². The van der Waals surface area contributed by atoms with E-state index in [2.05, 4.69) is 12.2 Å². The number of benzene rings is 1. The Kier molecular flexibility index (Phi) is 4.52. The Morgan fingerprint density at radius 3 is 2.63 bits per heavy atom. The second kappa shape index (κ2) is 6.14. The highest BCUT2D eigenvalue weighted by Gasteiger charge is 2.21. The molecule has 0 aliphatic heterocycles. The molecule has 1 aromatic rings. The zero-order chi connectivity index (χ0) is 13.8. The Balaban J connectivity index is 2.23. The van der Waals surface area contributed by atoms with E-state index in [9.17, 15) is 8.78 Å². The van der Waals surface area contributed by atoms with Gasteiger partial charge in [-0.2, -0.15) is 0 Å². The van der Waals surface area contributed by atoms with Crippen LogP contribution in [0, 0.1) is 11.6 Å². The van der Waals surface area contributed by atoms with Crippen LogP contribution in [-0.4, -0.2) is 0 Å². The van der Waals surface area contributed by atoms with E-state index in [4.69, 9.17) is 0 Å². The molecule has 0 bridgehead atoms. The van der Waals surface area contributed by atoms with Gasteiger partial charge in [0.25, 0.3) is 0 Å². The number of hydrogen-bond donors (Lipinski definition) is 0. The van der Waals surface area contributed by atoms with Crippen molar-refractivity contribution in [3.8, 4) is 0 Å². The highest BCUT2D eigenvalue weighted by atomic mass is 19.2. The molecule has 1 unspecified atom stereocenters. The zero-order valence-electron chi connectivity index (χ0n) is 11.5. The fourth-order valence-corrected chi connectivity index (χ4v) is 2.70. The Hall–Kier alpha value is -1.44. The third-order valence-electron chi connectivity index (χ3n) is 3.84. The second-order valence-electron chi connectivity index (χ2n) is 5.05. The summed E-state index contributed by atoms with van der Waals surface area (Å²) in [5.74, 6) is -1.20. The molecule has 0 aromatic heterocycles. The van der Waals surface area contributed by atoms with Gasteiger partial charge in [0.15, 0.2) is 11.6 Å². The van der Waals surface area contributed by atoms with Crippen molar-refractivity contribution in [2.24, 2.45) is 0 Å². The van der Waals surface area contributed by atoms with E-state index in [-0.39, 0.29) is 5.92 Å². The van der Waals surface area contributed by atoms with Crippen molar-refractivity contribution in [2.75, 3.05) is 0 Å². The molecule has 0 saturated heterocycles. The molecule has 102 valence electrons. The van der Waals surface area contributed by atoms with Crippen LogP contribution in [-0.2, 0) is 6.42 Å². The minimum atomic E-state index is -0.664. The molecule has 19 heavy (non-hydrogen) atoms. The lowest BCUT2D eigenvalue weighted by molar-refractivity contribution is 0.471. The predicted octanol–water partition coefficient (Wildman–Crippen LogP) is 5.30. The molecule has 0 amide bonds. The van der Waals surface area contributed by atoms with Gasteiger partial charge in [0, 0.05) is 0 Å². The summed E-state index contributed by atoms with van der Waals surface area (Å²) in [7, 11) is 0. The van der Waals surface area contributed by atoms with E-state index in [1.54, 1.807) is 12.1 Å². The molecule has 2 rings (SSSR count). The van der Waals surface area contributed by atoms with Gasteiger partial charge in [-0.25, -0.2) is 8.78 Å². The average Bonchev–Trinajstić information content (AvgIpc) is 2.43. The molecule has 0 N–H and O–H groups in total. The maximum absolute atomic E-state index is 14.1. The summed E-state index contributed by atoms with van der Waals surface area (Å²) in [4.78, 5) is 0. The van der Waals surface area contributed by atoms with Gasteiger partial charge in [-0.1, -0.05) is 42.9 Å². The van der Waals surface area contributed by atoms with E-state index in [0.29, 0.717) is 17.5 Å². The molecule has 0 saturated carbocycles. The number of halogens is 2. The van der Waals surface area contributed by atoms with Crippen molar-refractivity contribution in [3.05, 3.63) is 58.7 Å². The molecule has 0 fully saturated rings. The largest absolute Gasteiger partial charge is 0.203 e. The van der Waals surface area contributed by atoms with Gasteiger partial charge < -0.3 is 0 Å². The third kappa shape index (κ3) is 2.94. The fourth-order valence-electron chi connectivity index (χ4n) is 2.70. The van der Waals surface area contributed by atoms with Crippen LogP contribution in [0.25, 0.3) is 0 Å². The molecule has 1 aromatic carbocycles. The summed E-state index contributed by atoms with van der Waals surface area (Å²) < 4.78 is 27.9. The van der Waals surface area contributed by atoms with Crippen LogP contribution in [0.15, 0.2) is 35.9 Å². The summed E-state index contributed by atoms with van der Waals surface area (Å²) in [5, 5.41) is 0. The first-order chi connectivity index (χ1) is 9.17. The minimum absolute atomic E-state index is 0.106. The summed E-state index contributed by atoms with van der Waals surface area (Å²) in [5.41, 5.74) is 2.29. The van der Waals surface area contributed by atoms with Crippen LogP contribution in [0.1, 0.15) is 50.2 Å². The van der Waals surface area contributed by atoms with Crippen molar-refractivity contribution >= 4 is 0 Å². The van der Waals surface area contributed by atoms with Gasteiger partial charge in [-0.3, -0.25) is 0 Å². The standard InChI is InChI=1S/C17H20F2/c1-3-5-12-6-8-14(9-7-12)15-11-10-13(4-2)16(18)17(15)19/h3,5-6,10-11,14H,4,7-9H2,1-2H3/b5-3+. The first kappa shape index (κ1) is 14.0. The lowest BCUT2D eigenvalue weighted by atomic mass is 9.84. The normalized spacial score (nSPS) is 19.8. The molecule has 0 spiro atoms. The quantitative estimate of drug-likeness (QED) is 0.693. The fraction of sp³-hybridized carbons (Fsp3) is 0.412. The van der Waals surface area contributed by atoms with Crippen molar-refractivity contribution in [1.29, 1.82) is 0 Å². The van der Waals surface area contributed by atoms with Gasteiger partial charge in [0.2, 0.25) is 0 Å². The molecular formula is C17H20F2. The van der Waals surface area contributed by atoms with Crippen LogP contribution in [0.2, 0.25) is 0 Å². The van der Waals surface area contributed by atoms with Crippen molar-refractivity contribution < 1.29 is 8.78 Å². The molecule has 1 aliphatic carbocycles. The van der Waals surface area contributed by atoms with Crippen LogP contribution < -0.4 is 0 Å². The average molecular weight is 262 g/mol. The van der Waals surface area contributed by atoms with Crippen molar-refractivity contribution in [3.63, 3.8) is 0 Å². The Morgan fingerprint density at radius 1 is 1.26 bits per heavy atom. The summed E-state index contributed by atoms with van der Waals surface area (Å²) in [6, 6.07) is 3.48. The van der Waals surface area contributed by atoms with Crippen molar-refractivity contribution in [1.82, 2.24) is 0 Å². The van der Waals surface area contributed by atoms with Crippen LogP contribution in [0.4, 0.5) is 8.78 Å². The van der Waals surface area contributed by atoms with Gasteiger partial charge in [0.05, 0.1) is 0 Å². The smallest absolute Gasteiger partial charge is 0.162 e. The minimum Gasteiger partial charge on any atom is -0.203 e. The first-order valence-electron chi connectivity index (χ1n) is 6.95. The molecular weight excluding hydrogens is 242 g/mol. The van der Waals surface area contributed by atoms with Gasteiger partial charge >= 0.3 is 0 Å². The number of hydrogen-bond acceptors (Lipinski definition) is 0. The highest BCUT2D eigenvalue weighted by molar-refractivity contribution is 5.32. The predicted molar refractivity (Wildman–Crippen MR) is 75.2 cm³/mol. The monoisotopic (exact) mass is 262 g/mol. The Bertz CT molecular complexity index is 512. The third-order valence-corrected chi connectivity index (χ3v) is 3.84. The number of rotatable bonds is 3. The van der Waals surface area contributed by atoms with Gasteiger partial charge in [0.1, 0.15) is 0 Å². The summed E-state index contributed by atoms with van der Waals surface area (Å²) >= 11 is 0. The Morgan fingerprint density at radius 2 is 2.05 bits per heavy atom. The molecule has 0 nitrogen and oxygen atoms in total. The highest BCUT2D eigenvalue weighted by Crippen LogP contribution is 2.35. The van der Waals surface area contributed by atoms with E-state index in [1.807, 2.05) is 19.9 Å². The molecule has 1 aliphatic rings. The van der Waals surface area contributed by atoms with E-state index >= 15 is 0 Å². The van der Waals surface area contributed by atoms with Crippen LogP contribution in [0.5, 0.6) is 0 Å². The number of aryl methyl sites for hydroxylation is 1. The maximum atomic E-state index is 14.1. The van der Waals surface area contributed by atoms with Gasteiger partial charge in [-0.15, -0.1) is 0 Å². The first-order valence-corrected chi connectivity index (χ1v) is 6.95. The lowest BCUT2D eigenvalue weighted by Gasteiger charge is -2.22. The van der Waals surface area contributed by atoms with E-state index in [0.717, 1.165) is 19.3 Å². The van der Waals surface area contributed by atoms with Gasteiger partial charge in [-0.05, 0) is 49.7 Å². The maximum Gasteiger partial charge on any atom is 0.162 e. The zero-order valence-corrected chi connectivity index (χ0v) is 11.5. The van der Waals surface area contributed by atoms with Crippen LogP contribution in [0.3, 0.4) is 0 Å². The molecule has 0 radical (unpaired) electrons. The summed E-state index contributed by atoms with van der Waals surface area (Å²) in [6.45, 7) is 3.83. The molecule has 2 heteroatoms.